The Bertz CT molecular complexity index is 734. The van der Waals surface area contributed by atoms with E-state index < -0.39 is 12.0 Å². The van der Waals surface area contributed by atoms with Crippen molar-refractivity contribution in [2.75, 3.05) is 25.1 Å². The van der Waals surface area contributed by atoms with Gasteiger partial charge in [0.05, 0.1) is 6.20 Å². The number of carbonyl (C=O) groups is 2. The number of rotatable bonds is 8. The number of carbonyl (C=O) groups excluding carboxylic acids is 1. The van der Waals surface area contributed by atoms with Crippen LogP contribution in [0.2, 0.25) is 0 Å². The molecule has 4 N–H and O–H groups in total. The molecule has 2 aliphatic heterocycles. The summed E-state index contributed by atoms with van der Waals surface area (Å²) >= 11 is 3.12. The molecule has 1 aromatic heterocycles. The third-order valence-corrected chi connectivity index (χ3v) is 6.28. The third-order valence-electron chi connectivity index (χ3n) is 4.21. The number of thioether (sulfide) groups is 2. The lowest BCUT2D eigenvalue weighted by Crippen LogP contribution is -2.68. The van der Waals surface area contributed by atoms with Crippen LogP contribution in [-0.4, -0.2) is 73.5 Å². The molecule has 1 fully saturated rings. The first-order valence-electron chi connectivity index (χ1n) is 8.10. The zero-order chi connectivity index (χ0) is 18.7. The van der Waals surface area contributed by atoms with Crippen molar-refractivity contribution < 1.29 is 14.7 Å². The van der Waals surface area contributed by atoms with Gasteiger partial charge in [-0.05, 0) is 24.1 Å². The van der Waals surface area contributed by atoms with Crippen molar-refractivity contribution in [2.24, 2.45) is 5.73 Å². The van der Waals surface area contributed by atoms with Crippen LogP contribution in [0.5, 0.6) is 0 Å². The van der Waals surface area contributed by atoms with Gasteiger partial charge in [-0.1, -0.05) is 0 Å². The quantitative estimate of drug-likeness (QED) is 0.434. The maximum absolute atomic E-state index is 11.9. The van der Waals surface area contributed by atoms with Crippen LogP contribution in [0.1, 0.15) is 5.56 Å². The number of carboxylic acids is 1. The minimum absolute atomic E-state index is 0.0642. The van der Waals surface area contributed by atoms with E-state index in [4.69, 9.17) is 5.73 Å². The number of hydrogen-bond acceptors (Lipinski definition) is 7. The van der Waals surface area contributed by atoms with Gasteiger partial charge in [0.25, 0.3) is 0 Å². The highest BCUT2D eigenvalue weighted by molar-refractivity contribution is 8.02. The number of hydrogen-bond donors (Lipinski definition) is 3. The van der Waals surface area contributed by atoms with Crippen LogP contribution < -0.4 is 5.73 Å². The largest absolute Gasteiger partial charge is 0.477 e. The molecule has 1 amide bonds. The standard InChI is InChI=1S/C16H21N5O3S2/c1-20(8-10-6-18-19-7-10)3-5-25-4-2-11-9-26-15-12(17)14(22)21(15)13(11)16(23)24/h2,4,6-7,12,15H,3,5,8-9,17H2,1H3,(H,18,19)(H,23,24)/t12-,15-/m1/s1. The number of amides is 1. The van der Waals surface area contributed by atoms with Gasteiger partial charge in [0, 0.05) is 36.4 Å². The van der Waals surface area contributed by atoms with Gasteiger partial charge in [0.1, 0.15) is 17.1 Å². The van der Waals surface area contributed by atoms with E-state index in [9.17, 15) is 14.7 Å². The Morgan fingerprint density at radius 2 is 2.46 bits per heavy atom. The summed E-state index contributed by atoms with van der Waals surface area (Å²) in [5.74, 6) is 0.0180. The number of nitrogens with two attached hydrogens (primary N) is 1. The third kappa shape index (κ3) is 3.98. The molecule has 1 saturated heterocycles. The first kappa shape index (κ1) is 19.0. The first-order valence-corrected chi connectivity index (χ1v) is 10.2. The van der Waals surface area contributed by atoms with E-state index in [2.05, 4.69) is 15.1 Å². The lowest BCUT2D eigenvalue weighted by molar-refractivity contribution is -0.147. The summed E-state index contributed by atoms with van der Waals surface area (Å²) in [5.41, 5.74) is 7.59. The van der Waals surface area contributed by atoms with Crippen molar-refractivity contribution in [1.29, 1.82) is 0 Å². The molecule has 0 bridgehead atoms. The van der Waals surface area contributed by atoms with Gasteiger partial charge in [-0.15, -0.1) is 23.5 Å². The van der Waals surface area contributed by atoms with Gasteiger partial charge in [-0.25, -0.2) is 4.79 Å². The number of carboxylic acid groups (broad SMARTS) is 1. The molecule has 0 aromatic carbocycles. The minimum atomic E-state index is -1.08. The molecule has 2 aliphatic rings. The maximum Gasteiger partial charge on any atom is 0.352 e. The Morgan fingerprint density at radius 1 is 1.65 bits per heavy atom. The predicted octanol–water partition coefficient (Wildman–Crippen LogP) is 0.670. The number of fused-ring (bicyclic) bond motifs is 1. The van der Waals surface area contributed by atoms with Crippen LogP contribution in [0.3, 0.4) is 0 Å². The molecule has 3 heterocycles. The molecule has 1 aromatic rings. The fourth-order valence-corrected chi connectivity index (χ4v) is 4.91. The molecule has 0 radical (unpaired) electrons. The smallest absolute Gasteiger partial charge is 0.352 e. The Morgan fingerprint density at radius 3 is 3.15 bits per heavy atom. The second-order valence-corrected chi connectivity index (χ2v) is 8.25. The SMILES string of the molecule is CN(CCSC=CC1=C(C(=O)O)N2C(=O)[C@@H](N)[C@H]2SC1)Cc1cn[nH]c1. The van der Waals surface area contributed by atoms with Gasteiger partial charge in [-0.3, -0.25) is 14.8 Å². The van der Waals surface area contributed by atoms with E-state index in [1.54, 1.807) is 24.0 Å². The summed E-state index contributed by atoms with van der Waals surface area (Å²) in [7, 11) is 2.04. The van der Waals surface area contributed by atoms with Crippen molar-refractivity contribution in [3.05, 3.63) is 40.7 Å². The minimum Gasteiger partial charge on any atom is -0.477 e. The number of aliphatic carboxylic acids is 1. The van der Waals surface area contributed by atoms with Crippen LogP contribution in [0.25, 0.3) is 0 Å². The summed E-state index contributed by atoms with van der Waals surface area (Å²) in [6.45, 7) is 1.71. The molecule has 3 rings (SSSR count). The van der Waals surface area contributed by atoms with Crippen LogP contribution in [-0.2, 0) is 16.1 Å². The highest BCUT2D eigenvalue weighted by Gasteiger charge is 2.51. The number of β-lactam (4-membered cyclic amide) rings is 1. The zero-order valence-corrected chi connectivity index (χ0v) is 15.9. The van der Waals surface area contributed by atoms with Crippen LogP contribution in [0, 0.1) is 0 Å². The average molecular weight is 396 g/mol. The molecule has 0 spiro atoms. The van der Waals surface area contributed by atoms with Crippen molar-refractivity contribution in [1.82, 2.24) is 20.0 Å². The zero-order valence-electron chi connectivity index (χ0n) is 14.3. The van der Waals surface area contributed by atoms with Gasteiger partial charge in [0.15, 0.2) is 0 Å². The fourth-order valence-electron chi connectivity index (χ4n) is 2.83. The maximum atomic E-state index is 11.9. The molecule has 0 unspecified atom stereocenters. The lowest BCUT2D eigenvalue weighted by atomic mass is 10.0. The number of nitrogens with zero attached hydrogens (tertiary/aromatic N) is 3. The monoisotopic (exact) mass is 395 g/mol. The summed E-state index contributed by atoms with van der Waals surface area (Å²) in [6.07, 6.45) is 5.48. The van der Waals surface area contributed by atoms with E-state index >= 15 is 0 Å². The fraction of sp³-hybridized carbons (Fsp3) is 0.438. The second-order valence-electron chi connectivity index (χ2n) is 6.13. The number of aromatic nitrogens is 2. The number of nitrogens with one attached hydrogen (secondary N) is 1. The van der Waals surface area contributed by atoms with Gasteiger partial charge < -0.3 is 15.7 Å². The number of aromatic amines is 1. The van der Waals surface area contributed by atoms with E-state index in [0.29, 0.717) is 11.3 Å². The highest BCUT2D eigenvalue weighted by atomic mass is 32.2. The molecule has 2 atom stereocenters. The Kier molecular flexibility index (Phi) is 6.07. The molecule has 0 aliphatic carbocycles. The van der Waals surface area contributed by atoms with E-state index in [1.807, 2.05) is 18.7 Å². The number of allylic oxidation sites excluding steroid dienone is 1. The number of H-pyrrole nitrogens is 1. The van der Waals surface area contributed by atoms with Crippen molar-refractivity contribution in [3.8, 4) is 0 Å². The summed E-state index contributed by atoms with van der Waals surface area (Å²) in [6, 6.07) is -0.597. The van der Waals surface area contributed by atoms with Crippen molar-refractivity contribution in [2.45, 2.75) is 18.0 Å². The van der Waals surface area contributed by atoms with E-state index in [1.165, 1.54) is 16.7 Å². The summed E-state index contributed by atoms with van der Waals surface area (Å²) in [5, 5.41) is 17.8. The first-order chi connectivity index (χ1) is 12.5. The normalized spacial score (nSPS) is 22.9. The molecular weight excluding hydrogens is 374 g/mol. The molecule has 140 valence electrons. The van der Waals surface area contributed by atoms with E-state index in [-0.39, 0.29) is 17.0 Å². The molecule has 26 heavy (non-hydrogen) atoms. The van der Waals surface area contributed by atoms with Gasteiger partial charge in [-0.2, -0.15) is 5.10 Å². The average Bonchev–Trinajstić information content (AvgIpc) is 3.12. The molecule has 10 heteroatoms. The van der Waals surface area contributed by atoms with Crippen LogP contribution >= 0.6 is 23.5 Å². The predicted molar refractivity (Wildman–Crippen MR) is 102 cm³/mol. The van der Waals surface area contributed by atoms with Crippen molar-refractivity contribution in [3.63, 3.8) is 0 Å². The summed E-state index contributed by atoms with van der Waals surface area (Å²) in [4.78, 5) is 27.0. The second kappa shape index (κ2) is 8.30. The topological polar surface area (TPSA) is 116 Å². The van der Waals surface area contributed by atoms with Crippen LogP contribution in [0.15, 0.2) is 35.1 Å². The Hall–Kier alpha value is -1.75. The Balaban J connectivity index is 1.52. The van der Waals surface area contributed by atoms with Gasteiger partial charge >= 0.3 is 5.97 Å². The lowest BCUT2D eigenvalue weighted by Gasteiger charge is -2.47. The molecule has 8 nitrogen and oxygen atoms in total. The van der Waals surface area contributed by atoms with Gasteiger partial charge in [0.2, 0.25) is 5.91 Å². The Labute approximate surface area is 159 Å². The summed E-state index contributed by atoms with van der Waals surface area (Å²) < 4.78 is 0. The van der Waals surface area contributed by atoms with E-state index in [0.717, 1.165) is 24.4 Å². The molecule has 0 saturated carbocycles. The van der Waals surface area contributed by atoms with Crippen molar-refractivity contribution >= 4 is 35.4 Å². The highest BCUT2D eigenvalue weighted by Crippen LogP contribution is 2.39. The van der Waals surface area contributed by atoms with Crippen LogP contribution in [0.4, 0.5) is 0 Å². The molecular formula is C16H21N5O3S2.